The highest BCUT2D eigenvalue weighted by Gasteiger charge is 2.35. The highest BCUT2D eigenvalue weighted by Crippen LogP contribution is 2.34. The first-order valence-electron chi connectivity index (χ1n) is 7.72. The number of hydrogen-bond donors (Lipinski definition) is 0. The van der Waals surface area contributed by atoms with Crippen LogP contribution < -0.4 is 4.90 Å². The summed E-state index contributed by atoms with van der Waals surface area (Å²) in [6.07, 6.45) is 4.57. The minimum Gasteiger partial charge on any atom is -0.268 e. The summed E-state index contributed by atoms with van der Waals surface area (Å²) in [6, 6.07) is 13.4. The summed E-state index contributed by atoms with van der Waals surface area (Å²) >= 11 is 0.840. The fourth-order valence-corrected chi connectivity index (χ4v) is 3.23. The molecule has 0 spiro atoms. The van der Waals surface area contributed by atoms with E-state index in [1.807, 2.05) is 19.1 Å². The number of nitro benzene ring substituents is 1. The average Bonchev–Trinajstić information content (AvgIpc) is 2.90. The summed E-state index contributed by atoms with van der Waals surface area (Å²) in [5.74, 6) is -0.406. The molecule has 6 nitrogen and oxygen atoms in total. The third-order valence-corrected chi connectivity index (χ3v) is 4.63. The van der Waals surface area contributed by atoms with Crippen molar-refractivity contribution in [3.63, 3.8) is 0 Å². The Kier molecular flexibility index (Phi) is 4.99. The molecule has 0 saturated carbocycles. The van der Waals surface area contributed by atoms with Crippen molar-refractivity contribution in [2.75, 3.05) is 4.90 Å². The normalized spacial score (nSPS) is 16.0. The molecule has 0 bridgehead atoms. The molecule has 2 amide bonds. The van der Waals surface area contributed by atoms with Crippen molar-refractivity contribution in [1.82, 2.24) is 0 Å². The standard InChI is InChI=1S/C19H14N2O4S/c1-13-9-11-15(12-10-13)20-18(22)17(26-19(20)23)8-4-6-14-5-2-3-7-16(14)21(24)25/h2-12H,1H3/b6-4+,17-8-. The van der Waals surface area contributed by atoms with Crippen molar-refractivity contribution in [3.05, 3.63) is 86.8 Å². The van der Waals surface area contributed by atoms with Crippen molar-refractivity contribution in [2.45, 2.75) is 6.92 Å². The SMILES string of the molecule is Cc1ccc(N2C(=O)S/C(=C\C=C\c3ccccc3[N+](=O)[O-])C2=O)cc1. The van der Waals surface area contributed by atoms with Crippen LogP contribution in [0.2, 0.25) is 0 Å². The number of benzene rings is 2. The van der Waals surface area contributed by atoms with Gasteiger partial charge in [-0.25, -0.2) is 4.90 Å². The summed E-state index contributed by atoms with van der Waals surface area (Å²) in [5.41, 5.74) is 1.95. The molecule has 130 valence electrons. The van der Waals surface area contributed by atoms with Crippen molar-refractivity contribution in [2.24, 2.45) is 0 Å². The summed E-state index contributed by atoms with van der Waals surface area (Å²) in [7, 11) is 0. The van der Waals surface area contributed by atoms with Gasteiger partial charge >= 0.3 is 0 Å². The van der Waals surface area contributed by atoms with Gasteiger partial charge in [0, 0.05) is 6.07 Å². The molecule has 26 heavy (non-hydrogen) atoms. The molecule has 0 N–H and O–H groups in total. The van der Waals surface area contributed by atoms with E-state index >= 15 is 0 Å². The van der Waals surface area contributed by atoms with Crippen molar-refractivity contribution in [3.8, 4) is 0 Å². The van der Waals surface area contributed by atoms with Crippen molar-refractivity contribution >= 4 is 40.4 Å². The monoisotopic (exact) mass is 366 g/mol. The van der Waals surface area contributed by atoms with Gasteiger partial charge in [0.15, 0.2) is 0 Å². The first-order chi connectivity index (χ1) is 12.5. The number of imide groups is 1. The molecule has 1 aliphatic heterocycles. The summed E-state index contributed by atoms with van der Waals surface area (Å²) in [4.78, 5) is 36.6. The number of carbonyl (C=O) groups is 2. The van der Waals surface area contributed by atoms with Crippen LogP contribution in [0.4, 0.5) is 16.2 Å². The van der Waals surface area contributed by atoms with Crippen LogP contribution in [0, 0.1) is 17.0 Å². The van der Waals surface area contributed by atoms with E-state index in [0.29, 0.717) is 11.3 Å². The van der Waals surface area contributed by atoms with Crippen LogP contribution in [-0.2, 0) is 4.79 Å². The van der Waals surface area contributed by atoms with E-state index in [0.717, 1.165) is 22.2 Å². The number of para-hydroxylation sites is 1. The van der Waals surface area contributed by atoms with Crippen LogP contribution in [0.5, 0.6) is 0 Å². The van der Waals surface area contributed by atoms with Gasteiger partial charge < -0.3 is 0 Å². The second-order valence-electron chi connectivity index (χ2n) is 5.55. The zero-order valence-electron chi connectivity index (χ0n) is 13.8. The second kappa shape index (κ2) is 7.37. The molecule has 0 aromatic heterocycles. The van der Waals surface area contributed by atoms with Gasteiger partial charge in [0.2, 0.25) is 0 Å². The largest absolute Gasteiger partial charge is 0.298 e. The van der Waals surface area contributed by atoms with E-state index in [4.69, 9.17) is 0 Å². The molecule has 1 aliphatic rings. The highest BCUT2D eigenvalue weighted by atomic mass is 32.2. The molecule has 0 radical (unpaired) electrons. The number of rotatable bonds is 4. The van der Waals surface area contributed by atoms with E-state index in [2.05, 4.69) is 0 Å². The molecule has 3 rings (SSSR count). The van der Waals surface area contributed by atoms with Gasteiger partial charge in [-0.15, -0.1) is 0 Å². The van der Waals surface area contributed by atoms with E-state index in [-0.39, 0.29) is 15.8 Å². The Labute approximate surface area is 154 Å². The van der Waals surface area contributed by atoms with E-state index in [1.54, 1.807) is 30.3 Å². The maximum absolute atomic E-state index is 12.5. The lowest BCUT2D eigenvalue weighted by Gasteiger charge is -2.12. The zero-order chi connectivity index (χ0) is 18.7. The number of amides is 2. The quantitative estimate of drug-likeness (QED) is 0.445. The first-order valence-corrected chi connectivity index (χ1v) is 8.54. The molecular formula is C19H14N2O4S. The molecule has 0 atom stereocenters. The molecule has 7 heteroatoms. The van der Waals surface area contributed by atoms with Gasteiger partial charge in [-0.1, -0.05) is 35.9 Å². The zero-order valence-corrected chi connectivity index (χ0v) is 14.6. The molecule has 1 saturated heterocycles. The van der Waals surface area contributed by atoms with Crippen molar-refractivity contribution in [1.29, 1.82) is 0 Å². The third kappa shape index (κ3) is 3.57. The Morgan fingerprint density at radius 1 is 1.08 bits per heavy atom. The Morgan fingerprint density at radius 2 is 1.77 bits per heavy atom. The van der Waals surface area contributed by atoms with Gasteiger partial charge in [0.1, 0.15) is 0 Å². The topological polar surface area (TPSA) is 80.5 Å². The fraction of sp³-hybridized carbons (Fsp3) is 0.0526. The summed E-state index contributed by atoms with van der Waals surface area (Å²) in [6.45, 7) is 1.92. The third-order valence-electron chi connectivity index (χ3n) is 3.74. The van der Waals surface area contributed by atoms with E-state index in [1.165, 1.54) is 24.3 Å². The maximum Gasteiger partial charge on any atom is 0.298 e. The molecular weight excluding hydrogens is 352 g/mol. The predicted molar refractivity (Wildman–Crippen MR) is 102 cm³/mol. The number of thioether (sulfide) groups is 1. The first kappa shape index (κ1) is 17.6. The molecule has 1 fully saturated rings. The van der Waals surface area contributed by atoms with Crippen LogP contribution in [0.15, 0.2) is 65.6 Å². The molecule has 2 aromatic carbocycles. The second-order valence-corrected chi connectivity index (χ2v) is 6.54. The minimum absolute atomic E-state index is 0.0232. The summed E-state index contributed by atoms with van der Waals surface area (Å²) in [5, 5.41) is 10.6. The maximum atomic E-state index is 12.5. The number of aryl methyl sites for hydroxylation is 1. The predicted octanol–water partition coefficient (Wildman–Crippen LogP) is 4.70. The van der Waals surface area contributed by atoms with Crippen LogP contribution >= 0.6 is 11.8 Å². The number of anilines is 1. The van der Waals surface area contributed by atoms with Gasteiger partial charge in [-0.2, -0.15) is 0 Å². The molecule has 0 aliphatic carbocycles. The molecule has 1 heterocycles. The molecule has 2 aromatic rings. The van der Waals surface area contributed by atoms with E-state index < -0.39 is 10.8 Å². The Balaban J connectivity index is 1.82. The lowest BCUT2D eigenvalue weighted by atomic mass is 10.1. The fourth-order valence-electron chi connectivity index (χ4n) is 2.43. The van der Waals surface area contributed by atoms with Crippen molar-refractivity contribution < 1.29 is 14.5 Å². The summed E-state index contributed by atoms with van der Waals surface area (Å²) < 4.78 is 0. The lowest BCUT2D eigenvalue weighted by Crippen LogP contribution is -2.27. The van der Waals surface area contributed by atoms with E-state index in [9.17, 15) is 19.7 Å². The number of allylic oxidation sites excluding steroid dienone is 2. The number of carbonyl (C=O) groups excluding carboxylic acids is 2. The lowest BCUT2D eigenvalue weighted by molar-refractivity contribution is -0.385. The van der Waals surface area contributed by atoms with Gasteiger partial charge in [0.05, 0.1) is 21.1 Å². The number of hydrogen-bond acceptors (Lipinski definition) is 5. The minimum atomic E-state index is -0.467. The van der Waals surface area contributed by atoms with Crippen LogP contribution in [-0.4, -0.2) is 16.1 Å². The van der Waals surface area contributed by atoms with Gasteiger partial charge in [-0.3, -0.25) is 19.7 Å². The van der Waals surface area contributed by atoms with Crippen LogP contribution in [0.3, 0.4) is 0 Å². The van der Waals surface area contributed by atoms with Crippen LogP contribution in [0.1, 0.15) is 11.1 Å². The Bertz CT molecular complexity index is 948. The molecule has 0 unspecified atom stereocenters. The average molecular weight is 366 g/mol. The van der Waals surface area contributed by atoms with Crippen LogP contribution in [0.25, 0.3) is 6.08 Å². The number of nitrogens with zero attached hydrogens (tertiary/aromatic N) is 2. The number of nitro groups is 1. The van der Waals surface area contributed by atoms with Gasteiger partial charge in [0.25, 0.3) is 16.8 Å². The Morgan fingerprint density at radius 3 is 2.46 bits per heavy atom. The van der Waals surface area contributed by atoms with Gasteiger partial charge in [-0.05, 0) is 49.0 Å². The highest BCUT2D eigenvalue weighted by molar-refractivity contribution is 8.18. The Hall–Kier alpha value is -3.19. The smallest absolute Gasteiger partial charge is 0.268 e.